The molecule has 0 spiro atoms. The lowest BCUT2D eigenvalue weighted by Crippen LogP contribution is -2.01. The summed E-state index contributed by atoms with van der Waals surface area (Å²) in [5, 5.41) is 19.5. The summed E-state index contributed by atoms with van der Waals surface area (Å²) in [6.45, 7) is 2.27. The first-order valence-corrected chi connectivity index (χ1v) is 8.18. The second-order valence-corrected chi connectivity index (χ2v) is 6.34. The smallest absolute Gasteiger partial charge is 0.310 e. The zero-order valence-corrected chi connectivity index (χ0v) is 13.8. The van der Waals surface area contributed by atoms with Crippen LogP contribution in [0, 0.1) is 17.0 Å². The van der Waals surface area contributed by atoms with E-state index < -0.39 is 0 Å². The maximum absolute atomic E-state index is 11.2. The minimum absolute atomic E-state index is 0.0714. The van der Waals surface area contributed by atoms with E-state index in [-0.39, 0.29) is 23.1 Å². The van der Waals surface area contributed by atoms with E-state index in [1.165, 1.54) is 16.4 Å². The third kappa shape index (κ3) is 3.28. The Morgan fingerprint density at radius 1 is 1.36 bits per heavy atom. The minimum atomic E-state index is -0.380. The van der Waals surface area contributed by atoms with Crippen molar-refractivity contribution in [3.63, 3.8) is 0 Å². The van der Waals surface area contributed by atoms with Crippen LogP contribution in [0.2, 0.25) is 0 Å². The van der Waals surface area contributed by atoms with Gasteiger partial charge in [0.1, 0.15) is 18.4 Å². The number of benzene rings is 1. The van der Waals surface area contributed by atoms with Gasteiger partial charge in [0, 0.05) is 12.3 Å². The Bertz CT molecular complexity index is 926. The monoisotopic (exact) mass is 339 g/mol. The molecule has 1 aromatic carbocycles. The molecule has 2 heterocycles. The van der Waals surface area contributed by atoms with Gasteiger partial charge in [0.2, 0.25) is 5.89 Å². The number of aryl methyl sites for hydroxylation is 1. The molecule has 8 nitrogen and oxygen atoms in total. The first kappa shape index (κ1) is 15.5. The van der Waals surface area contributed by atoms with Crippen LogP contribution >= 0.6 is 0 Å². The molecule has 1 fully saturated rings. The number of hydrogen-bond acceptors (Lipinski definition) is 6. The van der Waals surface area contributed by atoms with Gasteiger partial charge in [0.25, 0.3) is 0 Å². The van der Waals surface area contributed by atoms with Gasteiger partial charge in [0.05, 0.1) is 4.92 Å². The summed E-state index contributed by atoms with van der Waals surface area (Å²) < 4.78 is 6.79. The molecular formula is C17H17N5O3. The largest absolute Gasteiger partial charge is 0.337 e. The molecule has 0 saturated heterocycles. The van der Waals surface area contributed by atoms with Crippen LogP contribution in [0.4, 0.5) is 5.69 Å². The van der Waals surface area contributed by atoms with Gasteiger partial charge >= 0.3 is 5.69 Å². The number of aromatic nitrogens is 4. The van der Waals surface area contributed by atoms with Gasteiger partial charge in [-0.2, -0.15) is 10.1 Å². The van der Waals surface area contributed by atoms with Crippen LogP contribution in [-0.2, 0) is 13.0 Å². The number of hydrogen-bond donors (Lipinski definition) is 0. The average molecular weight is 339 g/mol. The van der Waals surface area contributed by atoms with Crippen molar-refractivity contribution in [3.8, 4) is 0 Å². The van der Waals surface area contributed by atoms with Gasteiger partial charge in [-0.1, -0.05) is 29.4 Å². The molecule has 8 heteroatoms. The predicted molar refractivity (Wildman–Crippen MR) is 88.2 cm³/mol. The Balaban J connectivity index is 1.51. The molecule has 25 heavy (non-hydrogen) atoms. The van der Waals surface area contributed by atoms with E-state index >= 15 is 0 Å². The lowest BCUT2D eigenvalue weighted by Gasteiger charge is -2.00. The lowest BCUT2D eigenvalue weighted by atomic mass is 10.1. The number of rotatable bonds is 6. The van der Waals surface area contributed by atoms with Crippen LogP contribution in [0.1, 0.15) is 47.3 Å². The quantitative estimate of drug-likeness (QED) is 0.505. The molecule has 4 rings (SSSR count). The van der Waals surface area contributed by atoms with E-state index in [9.17, 15) is 10.1 Å². The van der Waals surface area contributed by atoms with Crippen LogP contribution in [0.25, 0.3) is 0 Å². The molecule has 1 saturated carbocycles. The Morgan fingerprint density at radius 2 is 2.16 bits per heavy atom. The van der Waals surface area contributed by atoms with Crippen LogP contribution in [-0.4, -0.2) is 24.8 Å². The van der Waals surface area contributed by atoms with Gasteiger partial charge in [-0.3, -0.25) is 14.8 Å². The molecule has 0 radical (unpaired) electrons. The summed E-state index contributed by atoms with van der Waals surface area (Å²) in [6, 6.07) is 8.04. The molecule has 1 aliphatic rings. The van der Waals surface area contributed by atoms with E-state index in [1.54, 1.807) is 0 Å². The van der Waals surface area contributed by atoms with Crippen molar-refractivity contribution in [2.75, 3.05) is 0 Å². The molecule has 2 aromatic heterocycles. The Morgan fingerprint density at radius 3 is 2.88 bits per heavy atom. The standard InChI is InChI=1S/C17H17N5O3/c1-11-4-2-3-5-13(11)8-15-18-16(25-20-15)10-21-9-14(22(23)24)17(19-21)12-6-7-12/h2-5,9,12H,6-8,10H2,1H3. The normalized spacial score (nSPS) is 14.0. The van der Waals surface area contributed by atoms with Gasteiger partial charge in [0.15, 0.2) is 5.82 Å². The van der Waals surface area contributed by atoms with E-state index in [2.05, 4.69) is 15.2 Å². The number of nitro groups is 1. The Kier molecular flexibility index (Phi) is 3.79. The maximum atomic E-state index is 11.2. The van der Waals surface area contributed by atoms with E-state index in [4.69, 9.17) is 4.52 Å². The zero-order chi connectivity index (χ0) is 17.4. The fourth-order valence-corrected chi connectivity index (χ4v) is 2.84. The van der Waals surface area contributed by atoms with Gasteiger partial charge in [-0.15, -0.1) is 0 Å². The highest BCUT2D eigenvalue weighted by Crippen LogP contribution is 2.43. The summed E-state index contributed by atoms with van der Waals surface area (Å²) in [5.74, 6) is 1.19. The van der Waals surface area contributed by atoms with Crippen LogP contribution in [0.3, 0.4) is 0 Å². The minimum Gasteiger partial charge on any atom is -0.337 e. The van der Waals surface area contributed by atoms with E-state index in [0.717, 1.165) is 18.4 Å². The summed E-state index contributed by atoms with van der Waals surface area (Å²) in [7, 11) is 0. The maximum Gasteiger partial charge on any atom is 0.310 e. The molecule has 0 N–H and O–H groups in total. The molecule has 0 amide bonds. The molecule has 0 unspecified atom stereocenters. The van der Waals surface area contributed by atoms with Crippen LogP contribution < -0.4 is 0 Å². The van der Waals surface area contributed by atoms with E-state index in [1.807, 2.05) is 31.2 Å². The number of nitrogens with zero attached hydrogens (tertiary/aromatic N) is 5. The van der Waals surface area contributed by atoms with Crippen molar-refractivity contribution >= 4 is 5.69 Å². The van der Waals surface area contributed by atoms with Gasteiger partial charge in [-0.05, 0) is 30.9 Å². The molecule has 0 atom stereocenters. The fraction of sp³-hybridized carbons (Fsp3) is 0.353. The summed E-state index contributed by atoms with van der Waals surface area (Å²) >= 11 is 0. The second-order valence-electron chi connectivity index (χ2n) is 6.34. The molecule has 128 valence electrons. The SMILES string of the molecule is Cc1ccccc1Cc1noc(Cn2cc([N+](=O)[O-])c(C3CC3)n2)n1. The average Bonchev–Trinajstić information content (AvgIpc) is 3.20. The topological polar surface area (TPSA) is 99.9 Å². The van der Waals surface area contributed by atoms with E-state index in [0.29, 0.717) is 23.8 Å². The van der Waals surface area contributed by atoms with Crippen molar-refractivity contribution in [1.82, 2.24) is 19.9 Å². The fourth-order valence-electron chi connectivity index (χ4n) is 2.84. The van der Waals surface area contributed by atoms with Gasteiger partial charge in [-0.25, -0.2) is 0 Å². The molecular weight excluding hydrogens is 322 g/mol. The third-order valence-electron chi connectivity index (χ3n) is 4.35. The first-order chi connectivity index (χ1) is 12.1. The van der Waals surface area contributed by atoms with Crippen molar-refractivity contribution in [3.05, 3.63) is 69.1 Å². The highest BCUT2D eigenvalue weighted by atomic mass is 16.6. The molecule has 0 bridgehead atoms. The summed E-state index contributed by atoms with van der Waals surface area (Å²) in [5.41, 5.74) is 2.94. The third-order valence-corrected chi connectivity index (χ3v) is 4.35. The molecule has 1 aliphatic carbocycles. The summed E-state index contributed by atoms with van der Waals surface area (Å²) in [6.07, 6.45) is 3.94. The van der Waals surface area contributed by atoms with Crippen LogP contribution in [0.15, 0.2) is 35.0 Å². The molecule has 0 aliphatic heterocycles. The zero-order valence-electron chi connectivity index (χ0n) is 13.8. The van der Waals surface area contributed by atoms with Crippen molar-refractivity contribution in [2.24, 2.45) is 0 Å². The first-order valence-electron chi connectivity index (χ1n) is 8.18. The van der Waals surface area contributed by atoms with Crippen LogP contribution in [0.5, 0.6) is 0 Å². The van der Waals surface area contributed by atoms with Crippen molar-refractivity contribution in [1.29, 1.82) is 0 Å². The highest BCUT2D eigenvalue weighted by molar-refractivity contribution is 5.37. The lowest BCUT2D eigenvalue weighted by molar-refractivity contribution is -0.385. The predicted octanol–water partition coefficient (Wildman–Crippen LogP) is 3.00. The molecule has 3 aromatic rings. The van der Waals surface area contributed by atoms with Crippen molar-refractivity contribution in [2.45, 2.75) is 38.6 Å². The highest BCUT2D eigenvalue weighted by Gasteiger charge is 2.34. The van der Waals surface area contributed by atoms with Crippen molar-refractivity contribution < 1.29 is 9.45 Å². The summed E-state index contributed by atoms with van der Waals surface area (Å²) in [4.78, 5) is 15.2. The Hall–Kier alpha value is -3.03. The van der Waals surface area contributed by atoms with Gasteiger partial charge < -0.3 is 4.52 Å². The Labute approximate surface area is 143 Å². The second kappa shape index (κ2) is 6.12.